The quantitative estimate of drug-likeness (QED) is 0.817. The van der Waals surface area contributed by atoms with E-state index in [4.69, 9.17) is 4.74 Å². The van der Waals surface area contributed by atoms with E-state index in [1.54, 1.807) is 39.0 Å². The Balaban J connectivity index is 0.00000100. The minimum absolute atomic E-state index is 0.302. The lowest BCUT2D eigenvalue weighted by molar-refractivity contribution is 0.0783. The average Bonchev–Trinajstić information content (AvgIpc) is 2.55. The third kappa shape index (κ3) is 3.13. The van der Waals surface area contributed by atoms with Crippen LogP contribution in [0, 0.1) is 24.1 Å². The summed E-state index contributed by atoms with van der Waals surface area (Å²) < 4.78 is 19.6. The van der Waals surface area contributed by atoms with Gasteiger partial charge in [0.1, 0.15) is 18.2 Å². The maximum absolute atomic E-state index is 13.9. The van der Waals surface area contributed by atoms with Crippen LogP contribution in [0.4, 0.5) is 4.39 Å². The molecule has 4 heteroatoms. The van der Waals surface area contributed by atoms with Gasteiger partial charge in [0, 0.05) is 11.1 Å². The van der Waals surface area contributed by atoms with Gasteiger partial charge in [-0.2, -0.15) is 5.26 Å². The molecule has 1 heterocycles. The molecular formula is C20H22FNO2. The molecule has 0 atom stereocenters. The number of hydrogen-bond donors (Lipinski definition) is 1. The van der Waals surface area contributed by atoms with Gasteiger partial charge in [-0.15, -0.1) is 0 Å². The molecule has 2 aromatic rings. The molecule has 0 unspecified atom stereocenters. The summed E-state index contributed by atoms with van der Waals surface area (Å²) in [5.41, 5.74) is 2.59. The van der Waals surface area contributed by atoms with Gasteiger partial charge in [0.15, 0.2) is 0 Å². The van der Waals surface area contributed by atoms with E-state index in [-0.39, 0.29) is 5.82 Å². The molecule has 2 aromatic carbocycles. The van der Waals surface area contributed by atoms with Gasteiger partial charge in [-0.05, 0) is 61.7 Å². The lowest BCUT2D eigenvalue weighted by Gasteiger charge is -2.26. The number of ether oxygens (including phenoxy) is 1. The van der Waals surface area contributed by atoms with Crippen molar-refractivity contribution in [1.82, 2.24) is 0 Å². The van der Waals surface area contributed by atoms with E-state index in [1.807, 2.05) is 13.8 Å². The fraction of sp³-hybridized carbons (Fsp3) is 0.350. The van der Waals surface area contributed by atoms with Gasteiger partial charge in [-0.3, -0.25) is 0 Å². The maximum Gasteiger partial charge on any atom is 0.128 e. The number of benzene rings is 2. The number of aliphatic hydroxyl groups is 1. The zero-order valence-electron chi connectivity index (χ0n) is 14.7. The van der Waals surface area contributed by atoms with Crippen LogP contribution in [-0.2, 0) is 12.2 Å². The summed E-state index contributed by atoms with van der Waals surface area (Å²) in [6, 6.07) is 8.71. The fourth-order valence-electron chi connectivity index (χ4n) is 2.75. The van der Waals surface area contributed by atoms with Crippen molar-refractivity contribution < 1.29 is 14.2 Å². The number of hydrogen-bond acceptors (Lipinski definition) is 3. The van der Waals surface area contributed by atoms with Crippen molar-refractivity contribution in [1.29, 1.82) is 5.26 Å². The Morgan fingerprint density at radius 2 is 1.83 bits per heavy atom. The molecular weight excluding hydrogens is 305 g/mol. The Morgan fingerprint density at radius 1 is 1.17 bits per heavy atom. The monoisotopic (exact) mass is 327 g/mol. The van der Waals surface area contributed by atoms with Crippen LogP contribution < -0.4 is 4.74 Å². The van der Waals surface area contributed by atoms with E-state index in [0.717, 1.165) is 11.1 Å². The maximum atomic E-state index is 13.9. The number of rotatable bonds is 1. The highest BCUT2D eigenvalue weighted by atomic mass is 19.1. The van der Waals surface area contributed by atoms with Crippen LogP contribution in [0.3, 0.4) is 0 Å². The van der Waals surface area contributed by atoms with E-state index in [1.165, 1.54) is 6.07 Å². The zero-order chi connectivity index (χ0) is 18.1. The summed E-state index contributed by atoms with van der Waals surface area (Å²) in [5.74, 6) is 0.321. The lowest BCUT2D eigenvalue weighted by Crippen LogP contribution is -2.19. The second-order valence-electron chi connectivity index (χ2n) is 6.11. The molecule has 1 N–H and O–H groups in total. The van der Waals surface area contributed by atoms with Gasteiger partial charge < -0.3 is 9.84 Å². The Hall–Kier alpha value is -2.38. The lowest BCUT2D eigenvalue weighted by atomic mass is 9.86. The summed E-state index contributed by atoms with van der Waals surface area (Å²) in [6.07, 6.45) is 0. The van der Waals surface area contributed by atoms with E-state index >= 15 is 0 Å². The molecule has 126 valence electrons. The Morgan fingerprint density at radius 3 is 2.42 bits per heavy atom. The van der Waals surface area contributed by atoms with E-state index < -0.39 is 5.60 Å². The van der Waals surface area contributed by atoms with Crippen LogP contribution >= 0.6 is 0 Å². The molecule has 0 spiro atoms. The third-order valence-corrected chi connectivity index (χ3v) is 3.96. The first kappa shape index (κ1) is 18.0. The molecule has 0 bridgehead atoms. The number of halogens is 1. The molecule has 0 aromatic heterocycles. The molecule has 24 heavy (non-hydrogen) atoms. The molecule has 0 fully saturated rings. The van der Waals surface area contributed by atoms with Crippen molar-refractivity contribution in [3.63, 3.8) is 0 Å². The Labute approximate surface area is 142 Å². The number of nitrogens with zero attached hydrogens (tertiary/aromatic N) is 1. The zero-order valence-corrected chi connectivity index (χ0v) is 14.7. The Kier molecular flexibility index (Phi) is 4.96. The van der Waals surface area contributed by atoms with Gasteiger partial charge in [-0.25, -0.2) is 4.39 Å². The van der Waals surface area contributed by atoms with Crippen LogP contribution in [0.1, 0.15) is 49.9 Å². The van der Waals surface area contributed by atoms with Crippen molar-refractivity contribution in [2.45, 2.75) is 46.8 Å². The van der Waals surface area contributed by atoms with Gasteiger partial charge in [0.25, 0.3) is 0 Å². The minimum atomic E-state index is -1.15. The predicted molar refractivity (Wildman–Crippen MR) is 92.2 cm³/mol. The van der Waals surface area contributed by atoms with Crippen LogP contribution in [0.25, 0.3) is 11.1 Å². The SMILES string of the molecule is CC.Cc1cc2c(cc1F)-c1cc(C(C)(C)O)c(C#N)cc1CO2. The summed E-state index contributed by atoms with van der Waals surface area (Å²) >= 11 is 0. The summed E-state index contributed by atoms with van der Waals surface area (Å²) in [5, 5.41) is 19.6. The molecule has 0 amide bonds. The van der Waals surface area contributed by atoms with Gasteiger partial charge in [0.05, 0.1) is 17.2 Å². The van der Waals surface area contributed by atoms with Crippen molar-refractivity contribution >= 4 is 0 Å². The van der Waals surface area contributed by atoms with Crippen LogP contribution in [-0.4, -0.2) is 5.11 Å². The molecule has 1 aliphatic heterocycles. The second-order valence-corrected chi connectivity index (χ2v) is 6.11. The van der Waals surface area contributed by atoms with Crippen LogP contribution in [0.5, 0.6) is 5.75 Å². The second kappa shape index (κ2) is 6.62. The van der Waals surface area contributed by atoms with Crippen LogP contribution in [0.2, 0.25) is 0 Å². The highest BCUT2D eigenvalue weighted by Gasteiger charge is 2.26. The summed E-state index contributed by atoms with van der Waals surface area (Å²) in [6.45, 7) is 9.28. The summed E-state index contributed by atoms with van der Waals surface area (Å²) in [4.78, 5) is 0. The first-order valence-corrected chi connectivity index (χ1v) is 8.04. The fourth-order valence-corrected chi connectivity index (χ4v) is 2.75. The predicted octanol–water partition coefficient (Wildman–Crippen LogP) is 4.82. The van der Waals surface area contributed by atoms with Gasteiger partial charge >= 0.3 is 0 Å². The van der Waals surface area contributed by atoms with E-state index in [9.17, 15) is 14.8 Å². The molecule has 0 saturated carbocycles. The van der Waals surface area contributed by atoms with Gasteiger partial charge in [-0.1, -0.05) is 13.8 Å². The molecule has 0 saturated heterocycles. The molecule has 3 nitrogen and oxygen atoms in total. The molecule has 3 rings (SSSR count). The van der Waals surface area contributed by atoms with Crippen molar-refractivity contribution in [2.75, 3.05) is 0 Å². The molecule has 0 aliphatic carbocycles. The van der Waals surface area contributed by atoms with E-state index in [0.29, 0.717) is 34.6 Å². The largest absolute Gasteiger partial charge is 0.488 e. The van der Waals surface area contributed by atoms with Crippen molar-refractivity contribution in [3.8, 4) is 22.9 Å². The first-order valence-electron chi connectivity index (χ1n) is 8.04. The summed E-state index contributed by atoms with van der Waals surface area (Å²) in [7, 11) is 0. The smallest absolute Gasteiger partial charge is 0.128 e. The first-order chi connectivity index (χ1) is 11.3. The van der Waals surface area contributed by atoms with Crippen molar-refractivity contribution in [3.05, 3.63) is 52.3 Å². The highest BCUT2D eigenvalue weighted by Crippen LogP contribution is 2.41. The minimum Gasteiger partial charge on any atom is -0.488 e. The third-order valence-electron chi connectivity index (χ3n) is 3.96. The molecule has 0 radical (unpaired) electrons. The Bertz CT molecular complexity index is 814. The van der Waals surface area contributed by atoms with Crippen LogP contribution in [0.15, 0.2) is 24.3 Å². The van der Waals surface area contributed by atoms with Gasteiger partial charge in [0.2, 0.25) is 0 Å². The number of nitriles is 1. The average molecular weight is 327 g/mol. The van der Waals surface area contributed by atoms with E-state index in [2.05, 4.69) is 6.07 Å². The highest BCUT2D eigenvalue weighted by molar-refractivity contribution is 5.77. The number of fused-ring (bicyclic) bond motifs is 3. The topological polar surface area (TPSA) is 53.2 Å². The number of aryl methyl sites for hydroxylation is 1. The standard InChI is InChI=1S/C18H16FNO2.C2H6/c1-10-4-17-14(7-16(10)19)13-6-15(18(2,3)21)11(8-20)5-12(13)9-22-17;1-2/h4-7,21H,9H2,1-3H3;1-2H3. The van der Waals surface area contributed by atoms with Crippen molar-refractivity contribution in [2.24, 2.45) is 0 Å². The normalized spacial score (nSPS) is 12.1. The molecule has 1 aliphatic rings.